The first kappa shape index (κ1) is 21.1. The zero-order valence-electron chi connectivity index (χ0n) is 15.1. The third kappa shape index (κ3) is 6.88. The van der Waals surface area contributed by atoms with Crippen molar-refractivity contribution in [2.24, 2.45) is 5.92 Å². The van der Waals surface area contributed by atoms with E-state index in [0.717, 1.165) is 50.0 Å². The average Bonchev–Trinajstić information content (AvgIpc) is 3.00. The van der Waals surface area contributed by atoms with E-state index in [1.165, 1.54) is 18.4 Å². The van der Waals surface area contributed by atoms with E-state index in [2.05, 4.69) is 31.3 Å². The van der Waals surface area contributed by atoms with Crippen LogP contribution in [0.5, 0.6) is 11.5 Å². The van der Waals surface area contributed by atoms with Gasteiger partial charge in [-0.25, -0.2) is 0 Å². The molecule has 1 heterocycles. The average molecular weight is 357 g/mol. The molecule has 1 N–H and O–H groups in total. The number of rotatable bonds is 11. The Balaban J connectivity index is 0.00000288. The normalized spacial score (nSPS) is 13.8. The van der Waals surface area contributed by atoms with Crippen molar-refractivity contribution in [3.05, 3.63) is 23.8 Å². The Morgan fingerprint density at radius 3 is 2.62 bits per heavy atom. The molecule has 0 saturated heterocycles. The van der Waals surface area contributed by atoms with Crippen molar-refractivity contribution in [3.8, 4) is 11.5 Å². The smallest absolute Gasteiger partial charge is 0.231 e. The summed E-state index contributed by atoms with van der Waals surface area (Å²) in [5, 5.41) is 3.52. The van der Waals surface area contributed by atoms with Crippen molar-refractivity contribution >= 4 is 0 Å². The molecule has 0 amide bonds. The van der Waals surface area contributed by atoms with Crippen LogP contribution in [0.25, 0.3) is 0 Å². The van der Waals surface area contributed by atoms with Gasteiger partial charge in [-0.2, -0.15) is 0 Å². The molecule has 1 aromatic carbocycles. The van der Waals surface area contributed by atoms with Gasteiger partial charge in [0.1, 0.15) is 0 Å². The number of benzene rings is 1. The lowest BCUT2D eigenvalue weighted by molar-refractivity contribution is -0.00000698. The molecule has 0 fully saturated rings. The molecule has 0 saturated carbocycles. The van der Waals surface area contributed by atoms with Crippen molar-refractivity contribution in [2.45, 2.75) is 45.4 Å². The van der Waals surface area contributed by atoms with Crippen LogP contribution in [0.3, 0.4) is 0 Å². The molecule has 4 nitrogen and oxygen atoms in total. The zero-order valence-corrected chi connectivity index (χ0v) is 15.9. The third-order valence-corrected chi connectivity index (χ3v) is 4.33. The van der Waals surface area contributed by atoms with E-state index in [9.17, 15) is 0 Å². The monoisotopic (exact) mass is 356 g/mol. The molecule has 0 aromatic heterocycles. The first-order chi connectivity index (χ1) is 11.2. The standard InChI is InChI=1S/C19H31NO3.ClH/c1-15(2)5-6-16(9-11-20-10-4-12-21-3)17-7-8-18-19(13-17)23-14-22-18;/h7-8,13,15-16,20H,4-6,9-12,14H2,1-3H3;1H/p-1. The van der Waals surface area contributed by atoms with E-state index in [-0.39, 0.29) is 12.4 Å². The van der Waals surface area contributed by atoms with Crippen molar-refractivity contribution in [1.82, 2.24) is 5.32 Å². The first-order valence-corrected chi connectivity index (χ1v) is 8.80. The fourth-order valence-corrected chi connectivity index (χ4v) is 2.92. The summed E-state index contributed by atoms with van der Waals surface area (Å²) in [6.45, 7) is 7.81. The molecule has 0 spiro atoms. The number of hydrogen-bond donors (Lipinski definition) is 1. The number of hydrogen-bond acceptors (Lipinski definition) is 4. The number of halogens is 1. The van der Waals surface area contributed by atoms with Crippen molar-refractivity contribution in [1.29, 1.82) is 0 Å². The van der Waals surface area contributed by atoms with Gasteiger partial charge in [-0.15, -0.1) is 0 Å². The number of nitrogens with one attached hydrogen (secondary N) is 1. The molecule has 1 atom stereocenters. The minimum absolute atomic E-state index is 0. The molecule has 0 aliphatic carbocycles. The van der Waals surface area contributed by atoms with Gasteiger partial charge in [-0.05, 0) is 61.9 Å². The highest BCUT2D eigenvalue weighted by atomic mass is 35.5. The van der Waals surface area contributed by atoms with Gasteiger partial charge in [-0.3, -0.25) is 0 Å². The second-order valence-corrected chi connectivity index (χ2v) is 6.67. The van der Waals surface area contributed by atoms with Gasteiger partial charge >= 0.3 is 0 Å². The molecule has 1 unspecified atom stereocenters. The molecule has 2 rings (SSSR count). The minimum Gasteiger partial charge on any atom is -1.00 e. The Morgan fingerprint density at radius 2 is 1.88 bits per heavy atom. The van der Waals surface area contributed by atoms with Gasteiger partial charge in [0.05, 0.1) is 0 Å². The Morgan fingerprint density at radius 1 is 1.08 bits per heavy atom. The third-order valence-electron chi connectivity index (χ3n) is 4.33. The lowest BCUT2D eigenvalue weighted by atomic mass is 9.88. The summed E-state index contributed by atoms with van der Waals surface area (Å²) in [4.78, 5) is 0. The van der Waals surface area contributed by atoms with E-state index in [1.807, 2.05) is 6.07 Å². The zero-order chi connectivity index (χ0) is 16.5. The van der Waals surface area contributed by atoms with E-state index in [0.29, 0.717) is 12.7 Å². The van der Waals surface area contributed by atoms with Crippen LogP contribution in [0.1, 0.15) is 51.0 Å². The fraction of sp³-hybridized carbons (Fsp3) is 0.684. The van der Waals surface area contributed by atoms with Crippen molar-refractivity contribution < 1.29 is 26.6 Å². The highest BCUT2D eigenvalue weighted by Gasteiger charge is 2.18. The largest absolute Gasteiger partial charge is 1.00 e. The van der Waals surface area contributed by atoms with Gasteiger partial charge in [0.2, 0.25) is 6.79 Å². The molecule has 0 bridgehead atoms. The maximum atomic E-state index is 5.53. The molecule has 1 aliphatic heterocycles. The maximum Gasteiger partial charge on any atom is 0.231 e. The molecule has 5 heteroatoms. The molecular weight excluding hydrogens is 326 g/mol. The predicted molar refractivity (Wildman–Crippen MR) is 93.4 cm³/mol. The molecular formula is C19H31ClNO3-. The van der Waals surface area contributed by atoms with Crippen molar-refractivity contribution in [3.63, 3.8) is 0 Å². The number of fused-ring (bicyclic) bond motifs is 1. The Bertz CT molecular complexity index is 468. The summed E-state index contributed by atoms with van der Waals surface area (Å²) in [7, 11) is 1.75. The molecule has 24 heavy (non-hydrogen) atoms. The lowest BCUT2D eigenvalue weighted by Crippen LogP contribution is -3.00. The van der Waals surface area contributed by atoms with E-state index in [1.54, 1.807) is 7.11 Å². The predicted octanol–water partition coefficient (Wildman–Crippen LogP) is 0.955. The molecule has 1 aliphatic rings. The minimum atomic E-state index is 0. The summed E-state index contributed by atoms with van der Waals surface area (Å²) in [5.41, 5.74) is 1.37. The highest BCUT2D eigenvalue weighted by Crippen LogP contribution is 2.36. The number of methoxy groups -OCH3 is 1. The topological polar surface area (TPSA) is 39.7 Å². The van der Waals surface area contributed by atoms with Crippen LogP contribution in [0.15, 0.2) is 18.2 Å². The lowest BCUT2D eigenvalue weighted by Gasteiger charge is -2.19. The first-order valence-electron chi connectivity index (χ1n) is 8.80. The molecule has 0 radical (unpaired) electrons. The van der Waals surface area contributed by atoms with Crippen LogP contribution >= 0.6 is 0 Å². The van der Waals surface area contributed by atoms with Gasteiger partial charge in [0.15, 0.2) is 11.5 Å². The summed E-state index contributed by atoms with van der Waals surface area (Å²) in [6, 6.07) is 6.41. The quantitative estimate of drug-likeness (QED) is 0.599. The van der Waals surface area contributed by atoms with Crippen LogP contribution in [-0.2, 0) is 4.74 Å². The van der Waals surface area contributed by atoms with Gasteiger partial charge in [0.25, 0.3) is 0 Å². The van der Waals surface area contributed by atoms with Crippen LogP contribution in [-0.4, -0.2) is 33.6 Å². The van der Waals surface area contributed by atoms with Gasteiger partial charge in [0, 0.05) is 13.7 Å². The summed E-state index contributed by atoms with van der Waals surface area (Å²) < 4.78 is 16.0. The van der Waals surface area contributed by atoms with E-state index >= 15 is 0 Å². The summed E-state index contributed by atoms with van der Waals surface area (Å²) in [6.07, 6.45) is 4.69. The van der Waals surface area contributed by atoms with E-state index in [4.69, 9.17) is 14.2 Å². The molecule has 138 valence electrons. The van der Waals surface area contributed by atoms with Crippen LogP contribution in [0.4, 0.5) is 0 Å². The fourth-order valence-electron chi connectivity index (χ4n) is 2.92. The van der Waals surface area contributed by atoms with Crippen LogP contribution in [0, 0.1) is 5.92 Å². The number of ether oxygens (including phenoxy) is 3. The van der Waals surface area contributed by atoms with Gasteiger partial charge < -0.3 is 31.9 Å². The summed E-state index contributed by atoms with van der Waals surface area (Å²) in [5.74, 6) is 3.07. The van der Waals surface area contributed by atoms with Crippen LogP contribution < -0.4 is 27.2 Å². The van der Waals surface area contributed by atoms with Gasteiger partial charge in [-0.1, -0.05) is 26.3 Å². The van der Waals surface area contributed by atoms with E-state index < -0.39 is 0 Å². The highest BCUT2D eigenvalue weighted by molar-refractivity contribution is 5.45. The van der Waals surface area contributed by atoms with Crippen LogP contribution in [0.2, 0.25) is 0 Å². The Labute approximate surface area is 152 Å². The second-order valence-electron chi connectivity index (χ2n) is 6.67. The van der Waals surface area contributed by atoms with Crippen molar-refractivity contribution in [2.75, 3.05) is 33.6 Å². The summed E-state index contributed by atoms with van der Waals surface area (Å²) >= 11 is 0. The maximum absolute atomic E-state index is 5.53. The second kappa shape index (κ2) is 11.6. The SMILES string of the molecule is COCCCNCCC(CCC(C)C)c1ccc2c(c1)OCO2.[Cl-]. The molecule has 1 aromatic rings. The Kier molecular flexibility index (Phi) is 10.2. The Hall–Kier alpha value is -0.970.